The van der Waals surface area contributed by atoms with Crippen LogP contribution in [0.5, 0.6) is 0 Å². The predicted octanol–water partition coefficient (Wildman–Crippen LogP) is -1.63. The van der Waals surface area contributed by atoms with E-state index in [-0.39, 0.29) is 13.2 Å². The Kier molecular flexibility index (Phi) is 5.24. The summed E-state index contributed by atoms with van der Waals surface area (Å²) in [6.07, 6.45) is -0.701. The van der Waals surface area contributed by atoms with Gasteiger partial charge in [-0.3, -0.25) is 9.59 Å². The van der Waals surface area contributed by atoms with E-state index in [1.807, 2.05) is 0 Å². The molecule has 88 valence electrons. The van der Waals surface area contributed by atoms with E-state index in [0.29, 0.717) is 0 Å². The molecular weight excluding hydrogens is 200 g/mol. The summed E-state index contributed by atoms with van der Waals surface area (Å²) in [5, 5.41) is 22.3. The quantitative estimate of drug-likeness (QED) is 0.426. The first-order valence-electron chi connectivity index (χ1n) is 4.68. The largest absolute Gasteiger partial charge is 0.394 e. The molecule has 4 N–H and O–H groups in total. The highest BCUT2D eigenvalue weighted by Gasteiger charge is 2.23. The van der Waals surface area contributed by atoms with Crippen LogP contribution in [0.1, 0.15) is 20.8 Å². The van der Waals surface area contributed by atoms with Gasteiger partial charge in [0.2, 0.25) is 0 Å². The maximum atomic E-state index is 11.2. The van der Waals surface area contributed by atoms with Crippen LogP contribution in [0, 0.1) is 0 Å². The molecule has 0 spiro atoms. The second-order valence-corrected chi connectivity index (χ2v) is 4.06. The van der Waals surface area contributed by atoms with Crippen molar-refractivity contribution in [1.82, 2.24) is 10.6 Å². The Morgan fingerprint density at radius 1 is 1.33 bits per heavy atom. The number of carbonyl (C=O) groups is 2. The molecule has 0 bridgehead atoms. The molecule has 0 radical (unpaired) electrons. The topological polar surface area (TPSA) is 98.7 Å². The fraction of sp³-hybridized carbons (Fsp3) is 0.778. The first-order chi connectivity index (χ1) is 6.78. The average molecular weight is 218 g/mol. The molecule has 0 aliphatic rings. The van der Waals surface area contributed by atoms with Gasteiger partial charge in [0.15, 0.2) is 0 Å². The normalized spacial score (nSPS) is 13.1. The van der Waals surface area contributed by atoms with Crippen molar-refractivity contribution < 1.29 is 19.8 Å². The van der Waals surface area contributed by atoms with E-state index in [1.165, 1.54) is 6.92 Å². The molecule has 1 unspecified atom stereocenters. The summed E-state index contributed by atoms with van der Waals surface area (Å²) in [5.74, 6) is -1.65. The van der Waals surface area contributed by atoms with E-state index in [9.17, 15) is 9.59 Å². The molecule has 0 rings (SSSR count). The van der Waals surface area contributed by atoms with Gasteiger partial charge in [0, 0.05) is 6.54 Å². The zero-order valence-electron chi connectivity index (χ0n) is 9.20. The number of amides is 2. The third-order valence-electron chi connectivity index (χ3n) is 1.61. The highest BCUT2D eigenvalue weighted by molar-refractivity contribution is 6.35. The van der Waals surface area contributed by atoms with E-state index in [4.69, 9.17) is 10.2 Å². The fourth-order valence-corrected chi connectivity index (χ4v) is 0.724. The molecule has 0 heterocycles. The van der Waals surface area contributed by atoms with Crippen molar-refractivity contribution in [3.05, 3.63) is 0 Å². The number of rotatable bonds is 4. The minimum Gasteiger partial charge on any atom is -0.394 e. The van der Waals surface area contributed by atoms with E-state index in [1.54, 1.807) is 13.8 Å². The molecule has 15 heavy (non-hydrogen) atoms. The monoisotopic (exact) mass is 218 g/mol. The van der Waals surface area contributed by atoms with Crippen LogP contribution in [0.15, 0.2) is 0 Å². The smallest absolute Gasteiger partial charge is 0.309 e. The molecule has 0 saturated heterocycles. The van der Waals surface area contributed by atoms with Crippen LogP contribution in [-0.4, -0.2) is 46.8 Å². The standard InChI is InChI=1S/C9H18N2O4/c1-6(13)4-10-7(14)8(15)11-9(2,3)5-12/h6,12-13H,4-5H2,1-3H3,(H,10,14)(H,11,15). The summed E-state index contributed by atoms with van der Waals surface area (Å²) >= 11 is 0. The van der Waals surface area contributed by atoms with Gasteiger partial charge in [-0.2, -0.15) is 0 Å². The number of aliphatic hydroxyl groups is 2. The molecule has 2 amide bonds. The van der Waals surface area contributed by atoms with Crippen molar-refractivity contribution in [1.29, 1.82) is 0 Å². The van der Waals surface area contributed by atoms with Gasteiger partial charge in [-0.1, -0.05) is 0 Å². The van der Waals surface area contributed by atoms with E-state index in [2.05, 4.69) is 10.6 Å². The maximum absolute atomic E-state index is 11.2. The Hall–Kier alpha value is -1.14. The second kappa shape index (κ2) is 5.67. The van der Waals surface area contributed by atoms with Crippen LogP contribution >= 0.6 is 0 Å². The number of hydrogen-bond acceptors (Lipinski definition) is 4. The fourth-order valence-electron chi connectivity index (χ4n) is 0.724. The Labute approximate surface area is 88.7 Å². The van der Waals surface area contributed by atoms with Gasteiger partial charge in [-0.05, 0) is 20.8 Å². The number of carbonyl (C=O) groups excluding carboxylic acids is 2. The lowest BCUT2D eigenvalue weighted by atomic mass is 10.1. The Morgan fingerprint density at radius 2 is 1.87 bits per heavy atom. The third kappa shape index (κ3) is 6.03. The lowest BCUT2D eigenvalue weighted by molar-refractivity contribution is -0.140. The molecule has 0 saturated carbocycles. The highest BCUT2D eigenvalue weighted by Crippen LogP contribution is 1.98. The molecule has 1 atom stereocenters. The summed E-state index contributed by atoms with van der Waals surface area (Å²) in [5.41, 5.74) is -0.834. The predicted molar refractivity (Wildman–Crippen MR) is 54.0 cm³/mol. The molecule has 0 aromatic rings. The number of aliphatic hydroxyl groups excluding tert-OH is 2. The van der Waals surface area contributed by atoms with Crippen molar-refractivity contribution >= 4 is 11.8 Å². The van der Waals surface area contributed by atoms with Gasteiger partial charge in [-0.25, -0.2) is 0 Å². The zero-order valence-corrected chi connectivity index (χ0v) is 9.20. The maximum Gasteiger partial charge on any atom is 0.309 e. The SMILES string of the molecule is CC(O)CNC(=O)C(=O)NC(C)(C)CO. The average Bonchev–Trinajstić information content (AvgIpc) is 2.13. The van der Waals surface area contributed by atoms with Crippen LogP contribution in [0.25, 0.3) is 0 Å². The van der Waals surface area contributed by atoms with Crippen LogP contribution in [0.4, 0.5) is 0 Å². The first-order valence-corrected chi connectivity index (χ1v) is 4.68. The van der Waals surface area contributed by atoms with Gasteiger partial charge in [-0.15, -0.1) is 0 Å². The molecule has 0 aliphatic heterocycles. The lowest BCUT2D eigenvalue weighted by Gasteiger charge is -2.22. The van der Waals surface area contributed by atoms with Crippen LogP contribution in [0.3, 0.4) is 0 Å². The van der Waals surface area contributed by atoms with Crippen molar-refractivity contribution in [2.45, 2.75) is 32.4 Å². The summed E-state index contributed by atoms with van der Waals surface area (Å²) < 4.78 is 0. The van der Waals surface area contributed by atoms with Crippen molar-refractivity contribution in [3.8, 4) is 0 Å². The molecule has 0 aromatic heterocycles. The van der Waals surface area contributed by atoms with E-state index < -0.39 is 23.5 Å². The van der Waals surface area contributed by atoms with Gasteiger partial charge in [0.25, 0.3) is 0 Å². The summed E-state index contributed by atoms with van der Waals surface area (Å²) in [6.45, 7) is 4.43. The first kappa shape index (κ1) is 13.9. The lowest BCUT2D eigenvalue weighted by Crippen LogP contribution is -2.52. The molecule has 6 heteroatoms. The Balaban J connectivity index is 4.06. The van der Waals surface area contributed by atoms with Gasteiger partial charge >= 0.3 is 11.8 Å². The van der Waals surface area contributed by atoms with Gasteiger partial charge < -0.3 is 20.8 Å². The van der Waals surface area contributed by atoms with Crippen LogP contribution in [-0.2, 0) is 9.59 Å². The second-order valence-electron chi connectivity index (χ2n) is 4.06. The van der Waals surface area contributed by atoms with Crippen molar-refractivity contribution in [3.63, 3.8) is 0 Å². The summed E-state index contributed by atoms with van der Waals surface area (Å²) in [4.78, 5) is 22.3. The summed E-state index contributed by atoms with van der Waals surface area (Å²) in [7, 11) is 0. The molecular formula is C9H18N2O4. The Morgan fingerprint density at radius 3 is 2.27 bits per heavy atom. The Bertz CT molecular complexity index is 238. The van der Waals surface area contributed by atoms with Gasteiger partial charge in [0.05, 0.1) is 18.2 Å². The van der Waals surface area contributed by atoms with E-state index in [0.717, 1.165) is 0 Å². The van der Waals surface area contributed by atoms with Crippen molar-refractivity contribution in [2.24, 2.45) is 0 Å². The minimum atomic E-state index is -0.834. The summed E-state index contributed by atoms with van der Waals surface area (Å²) in [6, 6.07) is 0. The molecule has 0 fully saturated rings. The highest BCUT2D eigenvalue weighted by atomic mass is 16.3. The number of hydrogen-bond donors (Lipinski definition) is 4. The molecule has 0 aliphatic carbocycles. The zero-order chi connectivity index (χ0) is 12.1. The molecule has 6 nitrogen and oxygen atoms in total. The minimum absolute atomic E-state index is 0.0196. The molecule has 0 aromatic carbocycles. The van der Waals surface area contributed by atoms with Crippen LogP contribution < -0.4 is 10.6 Å². The van der Waals surface area contributed by atoms with Crippen LogP contribution in [0.2, 0.25) is 0 Å². The van der Waals surface area contributed by atoms with Gasteiger partial charge in [0.1, 0.15) is 0 Å². The van der Waals surface area contributed by atoms with Crippen molar-refractivity contribution in [2.75, 3.05) is 13.2 Å². The van der Waals surface area contributed by atoms with E-state index >= 15 is 0 Å². The number of nitrogens with one attached hydrogen (secondary N) is 2. The third-order valence-corrected chi connectivity index (χ3v) is 1.61.